The molecule has 2 atom stereocenters. The number of hydrogen-bond donors (Lipinski definition) is 3. The van der Waals surface area contributed by atoms with E-state index in [0.717, 1.165) is 6.54 Å². The second kappa shape index (κ2) is 5.42. The Morgan fingerprint density at radius 1 is 1.40 bits per heavy atom. The maximum Gasteiger partial charge on any atom is 0.238 e. The number of H-pyrrole nitrogens is 1. The van der Waals surface area contributed by atoms with Crippen LogP contribution < -0.4 is 10.6 Å². The summed E-state index contributed by atoms with van der Waals surface area (Å²) < 4.78 is 0. The van der Waals surface area contributed by atoms with E-state index in [2.05, 4.69) is 37.9 Å². The van der Waals surface area contributed by atoms with Crippen LogP contribution in [0.3, 0.4) is 0 Å². The van der Waals surface area contributed by atoms with Gasteiger partial charge < -0.3 is 10.6 Å². The molecule has 0 saturated carbocycles. The molecule has 1 aromatic heterocycles. The van der Waals surface area contributed by atoms with Crippen molar-refractivity contribution >= 4 is 5.91 Å². The number of aromatic nitrogens is 3. The third kappa shape index (κ3) is 2.55. The Morgan fingerprint density at radius 3 is 2.95 bits per heavy atom. The van der Waals surface area contributed by atoms with Crippen molar-refractivity contribution in [1.29, 1.82) is 0 Å². The summed E-state index contributed by atoms with van der Waals surface area (Å²) in [6.07, 6.45) is 2.15. The molecule has 0 saturated heterocycles. The third-order valence-corrected chi connectivity index (χ3v) is 3.60. The van der Waals surface area contributed by atoms with Gasteiger partial charge in [-0.3, -0.25) is 9.89 Å². The van der Waals surface area contributed by atoms with Gasteiger partial charge in [0.15, 0.2) is 0 Å². The molecule has 0 bridgehead atoms. The van der Waals surface area contributed by atoms with Gasteiger partial charge in [0.05, 0.1) is 12.1 Å². The van der Waals surface area contributed by atoms with E-state index in [9.17, 15) is 4.79 Å². The number of hydrogen-bond acceptors (Lipinski definition) is 4. The highest BCUT2D eigenvalue weighted by Gasteiger charge is 2.25. The van der Waals surface area contributed by atoms with Gasteiger partial charge in [-0.15, -0.1) is 0 Å². The summed E-state index contributed by atoms with van der Waals surface area (Å²) in [7, 11) is 0. The lowest BCUT2D eigenvalue weighted by atomic mass is 9.95. The Hall–Kier alpha value is -2.21. The van der Waals surface area contributed by atoms with E-state index in [1.54, 1.807) is 0 Å². The number of rotatable bonds is 3. The maximum atomic E-state index is 12.3. The zero-order valence-electron chi connectivity index (χ0n) is 11.3. The highest BCUT2D eigenvalue weighted by molar-refractivity contribution is 5.82. The molecule has 6 heteroatoms. The zero-order chi connectivity index (χ0) is 13.9. The van der Waals surface area contributed by atoms with Crippen molar-refractivity contribution < 1.29 is 4.79 Å². The van der Waals surface area contributed by atoms with Crippen molar-refractivity contribution in [3.8, 4) is 0 Å². The molecule has 0 spiro atoms. The summed E-state index contributed by atoms with van der Waals surface area (Å²) in [5.41, 5.74) is 2.50. The maximum absolute atomic E-state index is 12.3. The van der Waals surface area contributed by atoms with Gasteiger partial charge in [-0.2, -0.15) is 5.10 Å². The van der Waals surface area contributed by atoms with Crippen LogP contribution in [0.4, 0.5) is 0 Å². The smallest absolute Gasteiger partial charge is 0.238 e. The average molecular weight is 271 g/mol. The predicted molar refractivity (Wildman–Crippen MR) is 73.7 cm³/mol. The van der Waals surface area contributed by atoms with Gasteiger partial charge in [-0.05, 0) is 24.5 Å². The van der Waals surface area contributed by atoms with E-state index >= 15 is 0 Å². The Balaban J connectivity index is 1.64. The van der Waals surface area contributed by atoms with Crippen molar-refractivity contribution in [3.63, 3.8) is 0 Å². The molecule has 1 aliphatic rings. The molecule has 0 aliphatic carbocycles. The van der Waals surface area contributed by atoms with Gasteiger partial charge in [0.25, 0.3) is 0 Å². The summed E-state index contributed by atoms with van der Waals surface area (Å²) >= 11 is 0. The van der Waals surface area contributed by atoms with Crippen LogP contribution in [-0.2, 0) is 17.8 Å². The lowest BCUT2D eigenvalue weighted by Gasteiger charge is -2.26. The first kappa shape index (κ1) is 12.8. The first-order chi connectivity index (χ1) is 9.74. The zero-order valence-corrected chi connectivity index (χ0v) is 11.3. The Labute approximate surface area is 117 Å². The summed E-state index contributed by atoms with van der Waals surface area (Å²) in [5.74, 6) is 0.651. The standard InChI is InChI=1S/C14H17N5O/c1-9(13-16-8-17-19-13)18-14(20)12-6-10-4-2-3-5-11(10)7-15-12/h2-5,8-9,12,15H,6-7H2,1H3,(H,18,20)(H,16,17,19)/t9?,12-/m0/s1. The predicted octanol–water partition coefficient (Wildman–Crippen LogP) is 0.696. The highest BCUT2D eigenvalue weighted by Crippen LogP contribution is 2.17. The molecule has 2 aromatic rings. The van der Waals surface area contributed by atoms with Crippen molar-refractivity contribution in [2.75, 3.05) is 0 Å². The lowest BCUT2D eigenvalue weighted by molar-refractivity contribution is -0.124. The number of carbonyl (C=O) groups excluding carboxylic acids is 1. The molecule has 2 heterocycles. The Kier molecular flexibility index (Phi) is 3.47. The first-order valence-electron chi connectivity index (χ1n) is 6.70. The number of carbonyl (C=O) groups is 1. The average Bonchev–Trinajstić information content (AvgIpc) is 3.01. The fourth-order valence-corrected chi connectivity index (χ4v) is 2.45. The van der Waals surface area contributed by atoms with Gasteiger partial charge in [0.1, 0.15) is 12.2 Å². The van der Waals surface area contributed by atoms with E-state index in [1.165, 1.54) is 17.5 Å². The fraction of sp³-hybridized carbons (Fsp3) is 0.357. The van der Waals surface area contributed by atoms with E-state index in [-0.39, 0.29) is 18.0 Å². The van der Waals surface area contributed by atoms with Crippen molar-refractivity contribution in [3.05, 3.63) is 47.5 Å². The molecule has 1 amide bonds. The molecule has 3 N–H and O–H groups in total. The number of aromatic amines is 1. The van der Waals surface area contributed by atoms with Crippen molar-refractivity contribution in [2.24, 2.45) is 0 Å². The molecule has 6 nitrogen and oxygen atoms in total. The number of nitrogens with zero attached hydrogens (tertiary/aromatic N) is 2. The first-order valence-corrected chi connectivity index (χ1v) is 6.70. The molecule has 1 aliphatic heterocycles. The summed E-state index contributed by atoms with van der Waals surface area (Å²) in [6, 6.07) is 7.83. The SMILES string of the molecule is CC(NC(=O)[C@@H]1Cc2ccccc2CN1)c1ncn[nH]1. The van der Waals surface area contributed by atoms with Crippen LogP contribution in [0.5, 0.6) is 0 Å². The molecule has 104 valence electrons. The fourth-order valence-electron chi connectivity index (χ4n) is 2.45. The van der Waals surface area contributed by atoms with Gasteiger partial charge in [0, 0.05) is 6.54 Å². The van der Waals surface area contributed by atoms with E-state index < -0.39 is 0 Å². The summed E-state index contributed by atoms with van der Waals surface area (Å²) in [6.45, 7) is 2.61. The lowest BCUT2D eigenvalue weighted by Crippen LogP contribution is -2.48. The molecule has 1 aromatic carbocycles. The number of fused-ring (bicyclic) bond motifs is 1. The van der Waals surface area contributed by atoms with Crippen LogP contribution in [0, 0.1) is 0 Å². The minimum absolute atomic E-state index is 0.0107. The monoisotopic (exact) mass is 271 g/mol. The molecule has 1 unspecified atom stereocenters. The number of benzene rings is 1. The second-order valence-corrected chi connectivity index (χ2v) is 5.01. The summed E-state index contributed by atoms with van der Waals surface area (Å²) in [4.78, 5) is 16.3. The molecule has 3 rings (SSSR count). The van der Waals surface area contributed by atoms with Gasteiger partial charge >= 0.3 is 0 Å². The van der Waals surface area contributed by atoms with E-state index in [4.69, 9.17) is 0 Å². The molecular weight excluding hydrogens is 254 g/mol. The third-order valence-electron chi connectivity index (χ3n) is 3.60. The topological polar surface area (TPSA) is 82.7 Å². The van der Waals surface area contributed by atoms with Crippen LogP contribution in [0.2, 0.25) is 0 Å². The van der Waals surface area contributed by atoms with Gasteiger partial charge in [0.2, 0.25) is 5.91 Å². The largest absolute Gasteiger partial charge is 0.345 e. The molecular formula is C14H17N5O. The van der Waals surface area contributed by atoms with Crippen LogP contribution in [-0.4, -0.2) is 27.1 Å². The Morgan fingerprint density at radius 2 is 2.20 bits per heavy atom. The van der Waals surface area contributed by atoms with Crippen molar-refractivity contribution in [2.45, 2.75) is 32.0 Å². The second-order valence-electron chi connectivity index (χ2n) is 5.01. The highest BCUT2D eigenvalue weighted by atomic mass is 16.2. The van der Waals surface area contributed by atoms with E-state index in [1.807, 2.05) is 19.1 Å². The van der Waals surface area contributed by atoms with Gasteiger partial charge in [-0.1, -0.05) is 24.3 Å². The molecule has 0 fully saturated rings. The quantitative estimate of drug-likeness (QED) is 0.767. The van der Waals surface area contributed by atoms with Crippen LogP contribution in [0.25, 0.3) is 0 Å². The Bertz CT molecular complexity index is 595. The molecule has 20 heavy (non-hydrogen) atoms. The minimum Gasteiger partial charge on any atom is -0.345 e. The van der Waals surface area contributed by atoms with Crippen molar-refractivity contribution in [1.82, 2.24) is 25.8 Å². The molecule has 0 radical (unpaired) electrons. The number of nitrogens with one attached hydrogen (secondary N) is 3. The van der Waals surface area contributed by atoms with Crippen LogP contribution >= 0.6 is 0 Å². The summed E-state index contributed by atoms with van der Waals surface area (Å²) in [5, 5.41) is 12.8. The van der Waals surface area contributed by atoms with Crippen LogP contribution in [0.1, 0.15) is 29.9 Å². The normalized spacial score (nSPS) is 19.1. The minimum atomic E-state index is -0.199. The van der Waals surface area contributed by atoms with E-state index in [0.29, 0.717) is 12.2 Å². The van der Waals surface area contributed by atoms with Gasteiger partial charge in [-0.25, -0.2) is 4.98 Å². The number of amides is 1. The van der Waals surface area contributed by atoms with Crippen LogP contribution in [0.15, 0.2) is 30.6 Å².